The van der Waals surface area contributed by atoms with Crippen molar-refractivity contribution in [2.24, 2.45) is 0 Å². The Morgan fingerprint density at radius 2 is 1.79 bits per heavy atom. The summed E-state index contributed by atoms with van der Waals surface area (Å²) in [6.45, 7) is 7.29. The van der Waals surface area contributed by atoms with Gasteiger partial charge in [0.2, 0.25) is 0 Å². The SMILES string of the molecule is CCCCOc1cccc([C@H]2C(=C(O)c3ccc4c(c3)OCCO4)C(=O)C(=O)N2CCN2CCOCC2)c1. The third-order valence-corrected chi connectivity index (χ3v) is 7.06. The summed E-state index contributed by atoms with van der Waals surface area (Å²) in [6, 6.07) is 11.7. The van der Waals surface area contributed by atoms with Crippen molar-refractivity contribution >= 4 is 17.4 Å². The second-order valence-electron chi connectivity index (χ2n) is 9.58. The number of carbonyl (C=O) groups is 2. The average Bonchev–Trinajstić information content (AvgIpc) is 3.21. The van der Waals surface area contributed by atoms with Crippen LogP contribution in [0.4, 0.5) is 0 Å². The lowest BCUT2D eigenvalue weighted by atomic mass is 9.95. The van der Waals surface area contributed by atoms with E-state index in [1.165, 1.54) is 0 Å². The van der Waals surface area contributed by atoms with E-state index in [2.05, 4.69) is 11.8 Å². The molecular weight excluding hydrogens is 488 g/mol. The highest BCUT2D eigenvalue weighted by Crippen LogP contribution is 2.41. The highest BCUT2D eigenvalue weighted by molar-refractivity contribution is 6.46. The molecule has 2 aromatic rings. The molecule has 0 radical (unpaired) electrons. The van der Waals surface area contributed by atoms with Gasteiger partial charge in [-0.25, -0.2) is 0 Å². The third kappa shape index (κ3) is 5.49. The van der Waals surface area contributed by atoms with E-state index in [0.717, 1.165) is 25.9 Å². The highest BCUT2D eigenvalue weighted by atomic mass is 16.6. The van der Waals surface area contributed by atoms with E-state index < -0.39 is 17.7 Å². The Hall–Kier alpha value is -3.56. The summed E-state index contributed by atoms with van der Waals surface area (Å²) < 4.78 is 22.6. The molecular formula is C29H34N2O7. The van der Waals surface area contributed by atoms with Crippen LogP contribution in [0.3, 0.4) is 0 Å². The molecule has 0 spiro atoms. The van der Waals surface area contributed by atoms with Crippen LogP contribution in [0.2, 0.25) is 0 Å². The number of ether oxygens (including phenoxy) is 4. The number of morpholine rings is 1. The highest BCUT2D eigenvalue weighted by Gasteiger charge is 2.46. The first kappa shape index (κ1) is 26.1. The summed E-state index contributed by atoms with van der Waals surface area (Å²) in [7, 11) is 0. The van der Waals surface area contributed by atoms with Gasteiger partial charge in [0.25, 0.3) is 11.7 Å². The molecule has 0 saturated carbocycles. The molecule has 0 aromatic heterocycles. The number of amides is 1. The summed E-state index contributed by atoms with van der Waals surface area (Å²) in [5, 5.41) is 11.4. The molecule has 2 aromatic carbocycles. The lowest BCUT2D eigenvalue weighted by molar-refractivity contribution is -0.140. The number of benzene rings is 2. The Bertz CT molecular complexity index is 1210. The molecule has 202 valence electrons. The normalized spacial score (nSPS) is 21.1. The fraction of sp³-hybridized carbons (Fsp3) is 0.448. The number of aliphatic hydroxyl groups excluding tert-OH is 1. The molecule has 2 fully saturated rings. The number of ketones is 1. The standard InChI is InChI=1S/C29H34N2O7/c1-2-3-13-36-22-6-4-5-20(18-22)26-25(27(32)21-7-8-23-24(19-21)38-17-16-37-23)28(33)29(34)31(26)10-9-30-11-14-35-15-12-30/h4-8,18-19,26,32H,2-3,9-17H2,1H3/t26-/m0/s1. The molecule has 2 saturated heterocycles. The molecule has 1 atom stereocenters. The first-order valence-corrected chi connectivity index (χ1v) is 13.3. The lowest BCUT2D eigenvalue weighted by Gasteiger charge is -2.31. The van der Waals surface area contributed by atoms with E-state index in [9.17, 15) is 14.7 Å². The smallest absolute Gasteiger partial charge is 0.295 e. The maximum atomic E-state index is 13.4. The van der Waals surface area contributed by atoms with Crippen molar-refractivity contribution in [1.82, 2.24) is 9.80 Å². The zero-order valence-electron chi connectivity index (χ0n) is 21.7. The van der Waals surface area contributed by atoms with Crippen molar-refractivity contribution in [2.45, 2.75) is 25.8 Å². The molecule has 38 heavy (non-hydrogen) atoms. The van der Waals surface area contributed by atoms with E-state index in [-0.39, 0.29) is 11.3 Å². The molecule has 3 aliphatic heterocycles. The van der Waals surface area contributed by atoms with Crippen molar-refractivity contribution in [3.63, 3.8) is 0 Å². The number of hydrogen-bond acceptors (Lipinski definition) is 8. The van der Waals surface area contributed by atoms with Gasteiger partial charge in [-0.05, 0) is 42.3 Å². The second kappa shape index (κ2) is 11.9. The number of unbranched alkanes of at least 4 members (excludes halogenated alkanes) is 1. The zero-order valence-corrected chi connectivity index (χ0v) is 21.7. The Balaban J connectivity index is 1.52. The Morgan fingerprint density at radius 3 is 2.58 bits per heavy atom. The monoisotopic (exact) mass is 522 g/mol. The molecule has 1 N–H and O–H groups in total. The van der Waals surface area contributed by atoms with Crippen LogP contribution in [0, 0.1) is 0 Å². The van der Waals surface area contributed by atoms with Crippen LogP contribution < -0.4 is 14.2 Å². The molecule has 9 nitrogen and oxygen atoms in total. The predicted molar refractivity (Wildman–Crippen MR) is 141 cm³/mol. The van der Waals surface area contributed by atoms with Crippen LogP contribution in [0.1, 0.15) is 36.9 Å². The van der Waals surface area contributed by atoms with E-state index >= 15 is 0 Å². The summed E-state index contributed by atoms with van der Waals surface area (Å²) >= 11 is 0. The number of nitrogens with zero attached hydrogens (tertiary/aromatic N) is 2. The summed E-state index contributed by atoms with van der Waals surface area (Å²) in [4.78, 5) is 30.5. The van der Waals surface area contributed by atoms with Gasteiger partial charge in [0.1, 0.15) is 24.7 Å². The molecule has 5 rings (SSSR count). The Labute approximate surface area is 222 Å². The number of fused-ring (bicyclic) bond motifs is 1. The molecule has 3 aliphatic rings. The van der Waals surface area contributed by atoms with Crippen LogP contribution in [-0.2, 0) is 14.3 Å². The number of rotatable bonds is 9. The van der Waals surface area contributed by atoms with Crippen molar-refractivity contribution in [2.75, 3.05) is 59.2 Å². The lowest BCUT2D eigenvalue weighted by Crippen LogP contribution is -2.42. The third-order valence-electron chi connectivity index (χ3n) is 7.06. The zero-order chi connectivity index (χ0) is 26.5. The van der Waals surface area contributed by atoms with Crippen LogP contribution in [0.25, 0.3) is 5.76 Å². The van der Waals surface area contributed by atoms with Gasteiger partial charge in [-0.15, -0.1) is 0 Å². The maximum Gasteiger partial charge on any atom is 0.295 e. The van der Waals surface area contributed by atoms with Crippen molar-refractivity contribution in [3.05, 3.63) is 59.2 Å². The maximum absolute atomic E-state index is 13.4. The molecule has 3 heterocycles. The molecule has 0 unspecified atom stereocenters. The van der Waals surface area contributed by atoms with Crippen molar-refractivity contribution in [1.29, 1.82) is 0 Å². The Morgan fingerprint density at radius 1 is 1.00 bits per heavy atom. The van der Waals surface area contributed by atoms with Gasteiger partial charge in [-0.1, -0.05) is 25.5 Å². The summed E-state index contributed by atoms with van der Waals surface area (Å²) in [5.41, 5.74) is 1.15. The van der Waals surface area contributed by atoms with Gasteiger partial charge >= 0.3 is 0 Å². The quantitative estimate of drug-likeness (QED) is 0.232. The van der Waals surface area contributed by atoms with Crippen LogP contribution in [0.5, 0.6) is 17.2 Å². The first-order valence-electron chi connectivity index (χ1n) is 13.3. The van der Waals surface area contributed by atoms with Crippen LogP contribution in [-0.4, -0.2) is 85.8 Å². The van der Waals surface area contributed by atoms with E-state index in [0.29, 0.717) is 74.5 Å². The van der Waals surface area contributed by atoms with E-state index in [4.69, 9.17) is 18.9 Å². The fourth-order valence-corrected chi connectivity index (χ4v) is 4.99. The molecule has 9 heteroatoms. The first-order chi connectivity index (χ1) is 18.6. The topological polar surface area (TPSA) is 97.8 Å². The molecule has 1 amide bonds. The van der Waals surface area contributed by atoms with Crippen LogP contribution >= 0.6 is 0 Å². The Kier molecular flexibility index (Phi) is 8.14. The number of hydrogen-bond donors (Lipinski definition) is 1. The van der Waals surface area contributed by atoms with Gasteiger partial charge in [-0.2, -0.15) is 0 Å². The largest absolute Gasteiger partial charge is 0.507 e. The summed E-state index contributed by atoms with van der Waals surface area (Å²) in [6.07, 6.45) is 1.93. The van der Waals surface area contributed by atoms with E-state index in [1.807, 2.05) is 24.3 Å². The minimum absolute atomic E-state index is 0.0550. The minimum atomic E-state index is -0.751. The minimum Gasteiger partial charge on any atom is -0.507 e. The van der Waals surface area contributed by atoms with Gasteiger partial charge in [0.15, 0.2) is 11.5 Å². The van der Waals surface area contributed by atoms with Gasteiger partial charge in [0, 0.05) is 31.7 Å². The average molecular weight is 523 g/mol. The van der Waals surface area contributed by atoms with Gasteiger partial charge in [-0.3, -0.25) is 14.5 Å². The van der Waals surface area contributed by atoms with Crippen LogP contribution in [0.15, 0.2) is 48.0 Å². The van der Waals surface area contributed by atoms with Crippen molar-refractivity contribution in [3.8, 4) is 17.2 Å². The van der Waals surface area contributed by atoms with Gasteiger partial charge < -0.3 is 29.0 Å². The predicted octanol–water partition coefficient (Wildman–Crippen LogP) is 3.39. The fourth-order valence-electron chi connectivity index (χ4n) is 4.99. The summed E-state index contributed by atoms with van der Waals surface area (Å²) in [5.74, 6) is 0.156. The van der Waals surface area contributed by atoms with Crippen molar-refractivity contribution < 1.29 is 33.6 Å². The second-order valence-corrected chi connectivity index (χ2v) is 9.58. The van der Waals surface area contributed by atoms with Gasteiger partial charge in [0.05, 0.1) is 31.4 Å². The number of Topliss-reactive ketones (excluding diaryl/α,β-unsaturated/α-hetero) is 1. The number of likely N-dealkylation sites (tertiary alicyclic amines) is 1. The number of aliphatic hydroxyl groups is 1. The number of carbonyl (C=O) groups excluding carboxylic acids is 2. The molecule has 0 bridgehead atoms. The van der Waals surface area contributed by atoms with E-state index in [1.54, 1.807) is 23.1 Å². The molecule has 0 aliphatic carbocycles.